The van der Waals surface area contributed by atoms with Crippen LogP contribution in [-0.4, -0.2) is 105 Å². The van der Waals surface area contributed by atoms with Crippen LogP contribution in [-0.2, 0) is 22.5 Å². The minimum absolute atomic E-state index is 0.260. The number of likely N-dealkylation sites (tertiary alicyclic amines) is 1. The van der Waals surface area contributed by atoms with Gasteiger partial charge in [0.25, 0.3) is 0 Å². The molecule has 2 aromatic rings. The predicted molar refractivity (Wildman–Crippen MR) is 148 cm³/mol. The van der Waals surface area contributed by atoms with Crippen LogP contribution in [0.25, 0.3) is 0 Å². The summed E-state index contributed by atoms with van der Waals surface area (Å²) in [7, 11) is 0. The number of benzene rings is 2. The van der Waals surface area contributed by atoms with Crippen molar-refractivity contribution in [2.45, 2.75) is 31.8 Å². The smallest absolute Gasteiger partial charge is 0.242 e. The third kappa shape index (κ3) is 5.79. The zero-order valence-electron chi connectivity index (χ0n) is 22.1. The van der Waals surface area contributed by atoms with Crippen LogP contribution in [0.5, 0.6) is 0 Å². The maximum absolute atomic E-state index is 13.4. The van der Waals surface area contributed by atoms with Crippen molar-refractivity contribution in [1.82, 2.24) is 14.7 Å². The molecule has 0 bridgehead atoms. The molecule has 4 aliphatic rings. The van der Waals surface area contributed by atoms with E-state index >= 15 is 0 Å². The van der Waals surface area contributed by atoms with Gasteiger partial charge in [0, 0.05) is 69.8 Å². The van der Waals surface area contributed by atoms with E-state index in [1.807, 2.05) is 0 Å². The Hall–Kier alpha value is -2.61. The van der Waals surface area contributed by atoms with Gasteiger partial charge >= 0.3 is 0 Å². The first-order valence-corrected chi connectivity index (χ1v) is 14.2. The molecular weight excluding hydrogens is 462 g/mol. The van der Waals surface area contributed by atoms with E-state index in [1.165, 1.54) is 29.7 Å². The Bertz CT molecular complexity index is 1070. The van der Waals surface area contributed by atoms with Gasteiger partial charge in [-0.25, -0.2) is 0 Å². The van der Waals surface area contributed by atoms with Crippen molar-refractivity contribution in [2.75, 3.05) is 88.5 Å². The van der Waals surface area contributed by atoms with Crippen molar-refractivity contribution in [3.8, 4) is 0 Å². The number of amides is 1. The molecule has 0 spiro atoms. The molecule has 4 heterocycles. The summed E-state index contributed by atoms with van der Waals surface area (Å²) >= 11 is 0. The number of ether oxygens (including phenoxy) is 1. The molecule has 37 heavy (non-hydrogen) atoms. The first kappa shape index (κ1) is 24.7. The number of nitrogens with zero attached hydrogens (tertiary/aromatic N) is 5. The van der Waals surface area contributed by atoms with Crippen LogP contribution in [0.15, 0.2) is 48.5 Å². The maximum atomic E-state index is 13.4. The number of carbonyl (C=O) groups excluding carboxylic acids is 1. The highest BCUT2D eigenvalue weighted by molar-refractivity contribution is 5.83. The van der Waals surface area contributed by atoms with Crippen LogP contribution in [0, 0.1) is 0 Å². The molecule has 0 aromatic heterocycles. The molecule has 198 valence electrons. The van der Waals surface area contributed by atoms with E-state index in [1.54, 1.807) is 0 Å². The molecule has 3 saturated heterocycles. The number of morpholine rings is 1. The highest BCUT2D eigenvalue weighted by atomic mass is 16.5. The lowest BCUT2D eigenvalue weighted by atomic mass is 9.99. The number of rotatable bonds is 7. The van der Waals surface area contributed by atoms with Gasteiger partial charge < -0.3 is 19.4 Å². The fourth-order valence-electron chi connectivity index (χ4n) is 6.49. The van der Waals surface area contributed by atoms with E-state index in [9.17, 15) is 4.79 Å². The third-order valence-electron chi connectivity index (χ3n) is 8.66. The summed E-state index contributed by atoms with van der Waals surface area (Å²) in [5.41, 5.74) is 5.35. The standard InChI is InChI=1S/C30H41N5O2/c36-30-24-34(28-9-5-8-27(20-28)33-16-18-37-19-17-33)14-15-35(30)23-29(32-11-3-4-12-32)22-31-13-10-25-6-1-2-7-26(25)21-31/h1-2,5-9,20,29H,3-4,10-19,21-24H2. The largest absolute Gasteiger partial charge is 0.378 e. The van der Waals surface area contributed by atoms with Crippen molar-refractivity contribution in [3.63, 3.8) is 0 Å². The van der Waals surface area contributed by atoms with Crippen molar-refractivity contribution in [1.29, 1.82) is 0 Å². The summed E-state index contributed by atoms with van der Waals surface area (Å²) < 4.78 is 5.52. The van der Waals surface area contributed by atoms with Crippen molar-refractivity contribution < 1.29 is 9.53 Å². The molecule has 1 unspecified atom stereocenters. The molecular formula is C30H41N5O2. The number of fused-ring (bicyclic) bond motifs is 1. The van der Waals surface area contributed by atoms with Crippen LogP contribution in [0.3, 0.4) is 0 Å². The molecule has 0 saturated carbocycles. The molecule has 0 aliphatic carbocycles. The van der Waals surface area contributed by atoms with E-state index in [2.05, 4.69) is 73.0 Å². The topological polar surface area (TPSA) is 42.5 Å². The Labute approximate surface area is 221 Å². The van der Waals surface area contributed by atoms with Gasteiger partial charge in [0.15, 0.2) is 0 Å². The van der Waals surface area contributed by atoms with Gasteiger partial charge in [-0.3, -0.25) is 14.6 Å². The molecule has 7 heteroatoms. The van der Waals surface area contributed by atoms with E-state index < -0.39 is 0 Å². The zero-order chi connectivity index (χ0) is 25.0. The van der Waals surface area contributed by atoms with Gasteiger partial charge in [-0.2, -0.15) is 0 Å². The Morgan fingerprint density at radius 1 is 0.730 bits per heavy atom. The van der Waals surface area contributed by atoms with Crippen LogP contribution < -0.4 is 9.80 Å². The average Bonchev–Trinajstić information content (AvgIpc) is 3.49. The fraction of sp³-hybridized carbons (Fsp3) is 0.567. The van der Waals surface area contributed by atoms with E-state index in [4.69, 9.17) is 4.74 Å². The van der Waals surface area contributed by atoms with Crippen molar-refractivity contribution in [2.24, 2.45) is 0 Å². The van der Waals surface area contributed by atoms with Gasteiger partial charge in [0.2, 0.25) is 5.91 Å². The fourth-order valence-corrected chi connectivity index (χ4v) is 6.49. The molecule has 1 atom stereocenters. The molecule has 6 rings (SSSR count). The van der Waals surface area contributed by atoms with Crippen molar-refractivity contribution >= 4 is 17.3 Å². The monoisotopic (exact) mass is 503 g/mol. The number of hydrogen-bond acceptors (Lipinski definition) is 6. The number of piperazine rings is 1. The molecule has 0 radical (unpaired) electrons. The van der Waals surface area contributed by atoms with Crippen molar-refractivity contribution in [3.05, 3.63) is 59.7 Å². The molecule has 7 nitrogen and oxygen atoms in total. The van der Waals surface area contributed by atoms with Gasteiger partial charge in [-0.1, -0.05) is 30.3 Å². The summed E-state index contributed by atoms with van der Waals surface area (Å²) in [6, 6.07) is 18.0. The Morgan fingerprint density at radius 3 is 2.27 bits per heavy atom. The first-order chi connectivity index (χ1) is 18.2. The van der Waals surface area contributed by atoms with Gasteiger partial charge in [0.1, 0.15) is 0 Å². The Balaban J connectivity index is 1.09. The molecule has 3 fully saturated rings. The van der Waals surface area contributed by atoms with Gasteiger partial charge in [0.05, 0.1) is 19.8 Å². The minimum Gasteiger partial charge on any atom is -0.378 e. The number of carbonyl (C=O) groups is 1. The molecule has 0 N–H and O–H groups in total. The third-order valence-corrected chi connectivity index (χ3v) is 8.66. The quantitative estimate of drug-likeness (QED) is 0.579. The second kappa shape index (κ2) is 11.4. The second-order valence-electron chi connectivity index (χ2n) is 11.0. The lowest BCUT2D eigenvalue weighted by Crippen LogP contribution is -2.56. The van der Waals surface area contributed by atoms with E-state index in [0.717, 1.165) is 90.8 Å². The van der Waals surface area contributed by atoms with Crippen LogP contribution >= 0.6 is 0 Å². The minimum atomic E-state index is 0.260. The molecule has 4 aliphatic heterocycles. The summed E-state index contributed by atoms with van der Waals surface area (Å²) in [4.78, 5) is 25.4. The lowest BCUT2D eigenvalue weighted by molar-refractivity contribution is -0.132. The van der Waals surface area contributed by atoms with Gasteiger partial charge in [-0.15, -0.1) is 0 Å². The highest BCUT2D eigenvalue weighted by Gasteiger charge is 2.31. The first-order valence-electron chi connectivity index (χ1n) is 14.2. The summed E-state index contributed by atoms with van der Waals surface area (Å²) in [5.74, 6) is 0.260. The maximum Gasteiger partial charge on any atom is 0.242 e. The SMILES string of the molecule is O=C1CN(c2cccc(N3CCOCC3)c2)CCN1CC(CN1CCc2ccccc2C1)N1CCCC1. The normalized spacial score (nSPS) is 22.4. The number of hydrogen-bond donors (Lipinski definition) is 0. The van der Waals surface area contributed by atoms with E-state index in [-0.39, 0.29) is 5.91 Å². The average molecular weight is 504 g/mol. The van der Waals surface area contributed by atoms with E-state index in [0.29, 0.717) is 12.6 Å². The lowest BCUT2D eigenvalue weighted by Gasteiger charge is -2.41. The predicted octanol–water partition coefficient (Wildman–Crippen LogP) is 2.69. The Kier molecular flexibility index (Phi) is 7.63. The second-order valence-corrected chi connectivity index (χ2v) is 11.0. The van der Waals surface area contributed by atoms with Gasteiger partial charge in [-0.05, 0) is 61.7 Å². The summed E-state index contributed by atoms with van der Waals surface area (Å²) in [5, 5.41) is 0. The molecule has 2 aromatic carbocycles. The molecule has 1 amide bonds. The highest BCUT2D eigenvalue weighted by Crippen LogP contribution is 2.26. The Morgan fingerprint density at radius 2 is 1.49 bits per heavy atom. The zero-order valence-corrected chi connectivity index (χ0v) is 22.1. The van der Waals surface area contributed by atoms with Crippen LogP contribution in [0.4, 0.5) is 11.4 Å². The summed E-state index contributed by atoms with van der Waals surface area (Å²) in [6.07, 6.45) is 3.69. The van der Waals surface area contributed by atoms with Crippen LogP contribution in [0.2, 0.25) is 0 Å². The van der Waals surface area contributed by atoms with Crippen LogP contribution in [0.1, 0.15) is 24.0 Å². The number of anilines is 2. The summed E-state index contributed by atoms with van der Waals surface area (Å²) in [6.45, 7) is 11.9.